The molecule has 3 nitrogen and oxygen atoms in total. The minimum absolute atomic E-state index is 0.162. The molecular weight excluding hydrogens is 230 g/mol. The SMILES string of the molecule is CCc1nn(C)cc1-c1ccc(C(N)CC)s1. The molecule has 2 aromatic rings. The molecule has 0 aromatic carbocycles. The summed E-state index contributed by atoms with van der Waals surface area (Å²) in [5, 5.41) is 4.47. The van der Waals surface area contributed by atoms with Crippen molar-refractivity contribution < 1.29 is 0 Å². The van der Waals surface area contributed by atoms with Crippen LogP contribution in [-0.2, 0) is 13.5 Å². The molecule has 17 heavy (non-hydrogen) atoms. The van der Waals surface area contributed by atoms with Gasteiger partial charge in [-0.15, -0.1) is 11.3 Å². The van der Waals surface area contributed by atoms with Gasteiger partial charge in [0.1, 0.15) is 0 Å². The van der Waals surface area contributed by atoms with Crippen LogP contribution in [0.4, 0.5) is 0 Å². The van der Waals surface area contributed by atoms with Gasteiger partial charge in [-0.05, 0) is 25.0 Å². The molecule has 0 bridgehead atoms. The van der Waals surface area contributed by atoms with Crippen molar-refractivity contribution >= 4 is 11.3 Å². The van der Waals surface area contributed by atoms with Gasteiger partial charge in [0.05, 0.1) is 5.69 Å². The lowest BCUT2D eigenvalue weighted by Gasteiger charge is -2.03. The van der Waals surface area contributed by atoms with Gasteiger partial charge >= 0.3 is 0 Å². The molecule has 0 radical (unpaired) electrons. The predicted molar refractivity (Wildman–Crippen MR) is 73.1 cm³/mol. The second-order valence-corrected chi connectivity index (χ2v) is 5.35. The van der Waals surface area contributed by atoms with E-state index in [0.29, 0.717) is 0 Å². The molecule has 0 spiro atoms. The lowest BCUT2D eigenvalue weighted by molar-refractivity contribution is 0.712. The first-order valence-electron chi connectivity index (χ1n) is 6.03. The third-order valence-electron chi connectivity index (χ3n) is 2.94. The Morgan fingerprint density at radius 3 is 2.82 bits per heavy atom. The van der Waals surface area contributed by atoms with E-state index in [0.717, 1.165) is 18.5 Å². The number of aromatic nitrogens is 2. The topological polar surface area (TPSA) is 43.8 Å². The highest BCUT2D eigenvalue weighted by atomic mass is 32.1. The molecule has 2 rings (SSSR count). The first kappa shape index (κ1) is 12.3. The van der Waals surface area contributed by atoms with Crippen molar-refractivity contribution in [1.82, 2.24) is 9.78 Å². The smallest absolute Gasteiger partial charge is 0.0708 e. The Labute approximate surface area is 106 Å². The average molecular weight is 249 g/mol. The summed E-state index contributed by atoms with van der Waals surface area (Å²) in [7, 11) is 1.97. The third kappa shape index (κ3) is 2.42. The quantitative estimate of drug-likeness (QED) is 0.904. The van der Waals surface area contributed by atoms with E-state index in [4.69, 9.17) is 5.73 Å². The minimum atomic E-state index is 0.162. The van der Waals surface area contributed by atoms with Crippen LogP contribution >= 0.6 is 11.3 Å². The van der Waals surface area contributed by atoms with Gasteiger partial charge < -0.3 is 5.73 Å². The van der Waals surface area contributed by atoms with Crippen molar-refractivity contribution in [1.29, 1.82) is 0 Å². The van der Waals surface area contributed by atoms with Crippen LogP contribution in [0.25, 0.3) is 10.4 Å². The lowest BCUT2D eigenvalue weighted by atomic mass is 10.1. The molecule has 2 heterocycles. The summed E-state index contributed by atoms with van der Waals surface area (Å²) in [6.45, 7) is 4.25. The average Bonchev–Trinajstić information content (AvgIpc) is 2.93. The van der Waals surface area contributed by atoms with Crippen molar-refractivity contribution in [2.24, 2.45) is 12.8 Å². The normalized spacial score (nSPS) is 12.9. The second kappa shape index (κ2) is 5.02. The summed E-state index contributed by atoms with van der Waals surface area (Å²) in [5.41, 5.74) is 8.45. The highest BCUT2D eigenvalue weighted by Gasteiger charge is 2.12. The van der Waals surface area contributed by atoms with E-state index in [9.17, 15) is 0 Å². The summed E-state index contributed by atoms with van der Waals surface area (Å²) in [4.78, 5) is 2.53. The summed E-state index contributed by atoms with van der Waals surface area (Å²) in [5.74, 6) is 0. The van der Waals surface area contributed by atoms with Gasteiger partial charge in [0.15, 0.2) is 0 Å². The molecule has 0 aliphatic rings. The fourth-order valence-corrected chi connectivity index (χ4v) is 3.02. The van der Waals surface area contributed by atoms with Crippen molar-refractivity contribution in [3.63, 3.8) is 0 Å². The summed E-state index contributed by atoms with van der Waals surface area (Å²) in [6.07, 6.45) is 4.03. The van der Waals surface area contributed by atoms with E-state index in [1.807, 2.05) is 11.7 Å². The van der Waals surface area contributed by atoms with E-state index in [1.165, 1.54) is 15.3 Å². The molecule has 0 aliphatic carbocycles. The summed E-state index contributed by atoms with van der Waals surface area (Å²) in [6, 6.07) is 4.46. The molecule has 0 saturated carbocycles. The Bertz CT molecular complexity index is 498. The Kier molecular flexibility index (Phi) is 3.64. The van der Waals surface area contributed by atoms with Crippen molar-refractivity contribution in [3.05, 3.63) is 28.9 Å². The van der Waals surface area contributed by atoms with E-state index < -0.39 is 0 Å². The maximum absolute atomic E-state index is 6.05. The van der Waals surface area contributed by atoms with Gasteiger partial charge in [0.25, 0.3) is 0 Å². The molecule has 2 N–H and O–H groups in total. The number of thiophene rings is 1. The highest BCUT2D eigenvalue weighted by Crippen LogP contribution is 2.33. The number of aryl methyl sites for hydroxylation is 2. The molecule has 4 heteroatoms. The minimum Gasteiger partial charge on any atom is -0.323 e. The van der Waals surface area contributed by atoms with Crippen LogP contribution in [-0.4, -0.2) is 9.78 Å². The van der Waals surface area contributed by atoms with E-state index >= 15 is 0 Å². The molecule has 1 atom stereocenters. The van der Waals surface area contributed by atoms with Crippen LogP contribution in [0, 0.1) is 0 Å². The molecule has 92 valence electrons. The first-order chi connectivity index (χ1) is 8.15. The summed E-state index contributed by atoms with van der Waals surface area (Å²) >= 11 is 1.78. The molecule has 0 fully saturated rings. The number of rotatable bonds is 4. The number of nitrogens with two attached hydrogens (primary N) is 1. The molecular formula is C13H19N3S. The lowest BCUT2D eigenvalue weighted by Crippen LogP contribution is -2.05. The predicted octanol–water partition coefficient (Wildman–Crippen LogP) is 3.12. The van der Waals surface area contributed by atoms with Crippen LogP contribution in [0.2, 0.25) is 0 Å². The van der Waals surface area contributed by atoms with Gasteiger partial charge in [-0.3, -0.25) is 4.68 Å². The largest absolute Gasteiger partial charge is 0.323 e. The van der Waals surface area contributed by atoms with Crippen LogP contribution < -0.4 is 5.73 Å². The van der Waals surface area contributed by atoms with Gasteiger partial charge in [-0.25, -0.2) is 0 Å². The van der Waals surface area contributed by atoms with Crippen LogP contribution in [0.15, 0.2) is 18.3 Å². The van der Waals surface area contributed by atoms with Crippen molar-refractivity contribution in [2.45, 2.75) is 32.7 Å². The van der Waals surface area contributed by atoms with E-state index in [-0.39, 0.29) is 6.04 Å². The second-order valence-electron chi connectivity index (χ2n) is 4.23. The van der Waals surface area contributed by atoms with Crippen LogP contribution in [0.5, 0.6) is 0 Å². The zero-order valence-electron chi connectivity index (χ0n) is 10.6. The van der Waals surface area contributed by atoms with Crippen LogP contribution in [0.1, 0.15) is 36.9 Å². The Morgan fingerprint density at radius 1 is 1.41 bits per heavy atom. The number of hydrogen-bond donors (Lipinski definition) is 1. The Hall–Kier alpha value is -1.13. The van der Waals surface area contributed by atoms with Gasteiger partial charge in [0, 0.05) is 34.6 Å². The van der Waals surface area contributed by atoms with E-state index in [1.54, 1.807) is 11.3 Å². The van der Waals surface area contributed by atoms with Crippen molar-refractivity contribution in [3.8, 4) is 10.4 Å². The Balaban J connectivity index is 2.36. The van der Waals surface area contributed by atoms with E-state index in [2.05, 4.69) is 37.3 Å². The molecule has 2 aromatic heterocycles. The summed E-state index contributed by atoms with van der Waals surface area (Å²) < 4.78 is 1.88. The fraction of sp³-hybridized carbons (Fsp3) is 0.462. The first-order valence-corrected chi connectivity index (χ1v) is 6.85. The molecule has 0 aliphatic heterocycles. The van der Waals surface area contributed by atoms with Gasteiger partial charge in [-0.2, -0.15) is 5.10 Å². The van der Waals surface area contributed by atoms with Crippen molar-refractivity contribution in [2.75, 3.05) is 0 Å². The zero-order valence-corrected chi connectivity index (χ0v) is 11.4. The van der Waals surface area contributed by atoms with Gasteiger partial charge in [0.2, 0.25) is 0 Å². The van der Waals surface area contributed by atoms with Gasteiger partial charge in [-0.1, -0.05) is 13.8 Å². The number of nitrogens with zero attached hydrogens (tertiary/aromatic N) is 2. The monoisotopic (exact) mass is 249 g/mol. The fourth-order valence-electron chi connectivity index (χ4n) is 1.90. The van der Waals surface area contributed by atoms with Crippen LogP contribution in [0.3, 0.4) is 0 Å². The standard InChI is InChI=1S/C13H19N3S/c1-4-10(14)13-7-6-12(17-13)9-8-16(3)15-11(9)5-2/h6-8,10H,4-5,14H2,1-3H3. The third-order valence-corrected chi connectivity index (χ3v) is 4.19. The molecule has 0 amide bonds. The number of hydrogen-bond acceptors (Lipinski definition) is 3. The highest BCUT2D eigenvalue weighted by molar-refractivity contribution is 7.15. The molecule has 1 unspecified atom stereocenters. The molecule has 0 saturated heterocycles. The Morgan fingerprint density at radius 2 is 2.18 bits per heavy atom. The zero-order chi connectivity index (χ0) is 12.4. The maximum Gasteiger partial charge on any atom is 0.0708 e. The maximum atomic E-state index is 6.05.